The van der Waals surface area contributed by atoms with Crippen LogP contribution in [-0.2, 0) is 17.8 Å². The molecule has 4 aliphatic carbocycles. The molecule has 3 N–H and O–H groups in total. The molecule has 0 radical (unpaired) electrons. The third-order valence-corrected chi connectivity index (χ3v) is 6.59. The fourth-order valence-electron chi connectivity index (χ4n) is 5.99. The zero-order valence-electron chi connectivity index (χ0n) is 13.7. The van der Waals surface area contributed by atoms with E-state index in [4.69, 9.17) is 10.8 Å². The van der Waals surface area contributed by atoms with E-state index < -0.39 is 12.0 Å². The quantitative estimate of drug-likeness (QED) is 0.844. The molecular formula is C18H27N3O2. The van der Waals surface area contributed by atoms with Crippen molar-refractivity contribution in [3.8, 4) is 0 Å². The summed E-state index contributed by atoms with van der Waals surface area (Å²) in [6, 6.07) is -0.843. The van der Waals surface area contributed by atoms with Crippen molar-refractivity contribution in [3.05, 3.63) is 18.2 Å². The van der Waals surface area contributed by atoms with Crippen LogP contribution < -0.4 is 5.73 Å². The minimum Gasteiger partial charge on any atom is -0.480 e. The van der Waals surface area contributed by atoms with Crippen LogP contribution in [0.25, 0.3) is 0 Å². The van der Waals surface area contributed by atoms with E-state index in [-0.39, 0.29) is 0 Å². The van der Waals surface area contributed by atoms with E-state index in [9.17, 15) is 4.79 Å². The summed E-state index contributed by atoms with van der Waals surface area (Å²) in [5.41, 5.74) is 7.17. The molecule has 23 heavy (non-hydrogen) atoms. The van der Waals surface area contributed by atoms with Crippen LogP contribution >= 0.6 is 0 Å². The molecule has 4 aliphatic rings. The Morgan fingerprint density at radius 2 is 1.91 bits per heavy atom. The summed E-state index contributed by atoms with van der Waals surface area (Å²) in [6.45, 7) is 0.952. The number of carbonyl (C=O) groups is 1. The number of imidazole rings is 1. The topological polar surface area (TPSA) is 81.1 Å². The first kappa shape index (κ1) is 15.2. The first-order chi connectivity index (χ1) is 11.0. The summed E-state index contributed by atoms with van der Waals surface area (Å²) in [6.07, 6.45) is 13.8. The highest BCUT2D eigenvalue weighted by Gasteiger charge is 2.50. The zero-order chi connectivity index (χ0) is 16.0. The number of aryl methyl sites for hydroxylation is 1. The van der Waals surface area contributed by atoms with Gasteiger partial charge in [-0.3, -0.25) is 4.79 Å². The Bertz CT molecular complexity index is 560. The predicted octanol–water partition coefficient (Wildman–Crippen LogP) is 2.44. The molecule has 5 heteroatoms. The lowest BCUT2D eigenvalue weighted by Gasteiger charge is -2.57. The standard InChI is InChI=1S/C18H27N3O2/c19-16(17(22)23)6-15-10-20-11-21(15)2-1-18-7-12-3-13(8-18)5-14(4-12)9-18/h10-14,16H,1-9,19H2,(H,22,23). The number of aromatic nitrogens is 2. The Hall–Kier alpha value is -1.36. The van der Waals surface area contributed by atoms with E-state index in [0.717, 1.165) is 30.0 Å². The summed E-state index contributed by atoms with van der Waals surface area (Å²) in [4.78, 5) is 15.2. The number of carboxylic acids is 1. The second-order valence-electron chi connectivity index (χ2n) is 8.39. The van der Waals surface area contributed by atoms with Crippen molar-refractivity contribution in [2.75, 3.05) is 0 Å². The molecule has 0 spiro atoms. The summed E-state index contributed by atoms with van der Waals surface area (Å²) >= 11 is 0. The molecule has 4 bridgehead atoms. The highest BCUT2D eigenvalue weighted by molar-refractivity contribution is 5.73. The lowest BCUT2D eigenvalue weighted by atomic mass is 9.49. The van der Waals surface area contributed by atoms with Gasteiger partial charge in [0.15, 0.2) is 0 Å². The minimum atomic E-state index is -0.946. The second kappa shape index (κ2) is 5.62. The summed E-state index contributed by atoms with van der Waals surface area (Å²) in [7, 11) is 0. The maximum absolute atomic E-state index is 11.0. The average Bonchev–Trinajstić information content (AvgIpc) is 2.91. The first-order valence-electron chi connectivity index (χ1n) is 9.00. The van der Waals surface area contributed by atoms with E-state index in [1.165, 1.54) is 44.9 Å². The predicted molar refractivity (Wildman–Crippen MR) is 86.8 cm³/mol. The van der Waals surface area contributed by atoms with Crippen LogP contribution in [0.2, 0.25) is 0 Å². The molecule has 1 atom stereocenters. The fraction of sp³-hybridized carbons (Fsp3) is 0.778. The van der Waals surface area contributed by atoms with Gasteiger partial charge in [-0.1, -0.05) is 0 Å². The molecule has 5 rings (SSSR count). The van der Waals surface area contributed by atoms with Crippen molar-refractivity contribution < 1.29 is 9.90 Å². The van der Waals surface area contributed by atoms with Crippen molar-refractivity contribution in [3.63, 3.8) is 0 Å². The third-order valence-electron chi connectivity index (χ3n) is 6.59. The normalized spacial score (nSPS) is 36.3. The average molecular weight is 317 g/mol. The van der Waals surface area contributed by atoms with E-state index in [1.54, 1.807) is 6.20 Å². The maximum atomic E-state index is 11.0. The SMILES string of the molecule is NC(Cc1cncn1CCC12CC3CC(CC(C3)C1)C2)C(=O)O. The number of carboxylic acid groups (broad SMARTS) is 1. The zero-order valence-corrected chi connectivity index (χ0v) is 13.7. The number of aliphatic carboxylic acids is 1. The van der Waals surface area contributed by atoms with Gasteiger partial charge in [0.25, 0.3) is 0 Å². The van der Waals surface area contributed by atoms with Gasteiger partial charge in [-0.05, 0) is 68.1 Å². The summed E-state index contributed by atoms with van der Waals surface area (Å²) < 4.78 is 2.13. The van der Waals surface area contributed by atoms with Crippen molar-refractivity contribution in [1.29, 1.82) is 0 Å². The molecule has 4 saturated carbocycles. The van der Waals surface area contributed by atoms with Crippen molar-refractivity contribution in [1.82, 2.24) is 9.55 Å². The molecule has 1 unspecified atom stereocenters. The second-order valence-corrected chi connectivity index (χ2v) is 8.39. The van der Waals surface area contributed by atoms with Gasteiger partial charge in [0.2, 0.25) is 0 Å². The Morgan fingerprint density at radius 1 is 1.30 bits per heavy atom. The third kappa shape index (κ3) is 2.91. The Balaban J connectivity index is 1.42. The van der Waals surface area contributed by atoms with Gasteiger partial charge in [-0.25, -0.2) is 4.98 Å². The van der Waals surface area contributed by atoms with Gasteiger partial charge in [-0.2, -0.15) is 0 Å². The van der Waals surface area contributed by atoms with Gasteiger partial charge in [-0.15, -0.1) is 0 Å². The highest BCUT2D eigenvalue weighted by atomic mass is 16.4. The van der Waals surface area contributed by atoms with Crippen LogP contribution in [0.1, 0.15) is 50.6 Å². The molecule has 1 heterocycles. The molecule has 0 saturated heterocycles. The van der Waals surface area contributed by atoms with Gasteiger partial charge < -0.3 is 15.4 Å². The monoisotopic (exact) mass is 317 g/mol. The fourth-order valence-corrected chi connectivity index (χ4v) is 5.99. The van der Waals surface area contributed by atoms with E-state index in [0.29, 0.717) is 11.8 Å². The summed E-state index contributed by atoms with van der Waals surface area (Å²) in [5, 5.41) is 9.00. The lowest BCUT2D eigenvalue weighted by molar-refractivity contribution is -0.138. The van der Waals surface area contributed by atoms with E-state index >= 15 is 0 Å². The molecule has 126 valence electrons. The number of rotatable bonds is 6. The molecule has 1 aromatic rings. The maximum Gasteiger partial charge on any atom is 0.320 e. The van der Waals surface area contributed by atoms with E-state index in [1.807, 2.05) is 6.33 Å². The van der Waals surface area contributed by atoms with Crippen LogP contribution in [0, 0.1) is 23.2 Å². The molecule has 0 aromatic carbocycles. The van der Waals surface area contributed by atoms with Crippen molar-refractivity contribution in [2.45, 2.75) is 64.0 Å². The van der Waals surface area contributed by atoms with Gasteiger partial charge in [0.05, 0.1) is 6.33 Å². The van der Waals surface area contributed by atoms with Crippen LogP contribution in [0.15, 0.2) is 12.5 Å². The number of hydrogen-bond acceptors (Lipinski definition) is 3. The van der Waals surface area contributed by atoms with Gasteiger partial charge in [0, 0.05) is 24.9 Å². The molecular weight excluding hydrogens is 290 g/mol. The molecule has 5 nitrogen and oxygen atoms in total. The Morgan fingerprint density at radius 3 is 2.48 bits per heavy atom. The Labute approximate surface area is 137 Å². The number of hydrogen-bond donors (Lipinski definition) is 2. The molecule has 0 amide bonds. The number of nitrogens with two attached hydrogens (primary N) is 1. The van der Waals surface area contributed by atoms with Crippen LogP contribution in [0.3, 0.4) is 0 Å². The van der Waals surface area contributed by atoms with Crippen molar-refractivity contribution >= 4 is 5.97 Å². The minimum absolute atomic E-state index is 0.357. The molecule has 0 aliphatic heterocycles. The summed E-state index contributed by atoms with van der Waals surface area (Å²) in [5.74, 6) is 1.98. The van der Waals surface area contributed by atoms with Gasteiger partial charge in [0.1, 0.15) is 6.04 Å². The largest absolute Gasteiger partial charge is 0.480 e. The Kier molecular flexibility index (Phi) is 3.71. The van der Waals surface area contributed by atoms with Gasteiger partial charge >= 0.3 is 5.97 Å². The molecule has 1 aromatic heterocycles. The van der Waals surface area contributed by atoms with Crippen molar-refractivity contribution in [2.24, 2.45) is 28.9 Å². The van der Waals surface area contributed by atoms with Crippen LogP contribution in [-0.4, -0.2) is 26.7 Å². The smallest absolute Gasteiger partial charge is 0.320 e. The number of nitrogens with zero attached hydrogens (tertiary/aromatic N) is 2. The lowest BCUT2D eigenvalue weighted by Crippen LogP contribution is -2.46. The van der Waals surface area contributed by atoms with Crippen LogP contribution in [0.4, 0.5) is 0 Å². The molecule has 4 fully saturated rings. The van der Waals surface area contributed by atoms with Crippen LogP contribution in [0.5, 0.6) is 0 Å². The first-order valence-corrected chi connectivity index (χ1v) is 9.00. The van der Waals surface area contributed by atoms with E-state index in [2.05, 4.69) is 9.55 Å². The highest BCUT2D eigenvalue weighted by Crippen LogP contribution is 2.61.